The summed E-state index contributed by atoms with van der Waals surface area (Å²) in [6.45, 7) is 4.63. The minimum Gasteiger partial charge on any atom is -0.327 e. The van der Waals surface area contributed by atoms with Gasteiger partial charge in [-0.05, 0) is 24.7 Å². The predicted molar refractivity (Wildman–Crippen MR) is 59.4 cm³/mol. The summed E-state index contributed by atoms with van der Waals surface area (Å²) in [5, 5.41) is 7.92. The Morgan fingerprint density at radius 2 is 2.27 bits per heavy atom. The van der Waals surface area contributed by atoms with Crippen LogP contribution in [0.15, 0.2) is 6.20 Å². The first-order chi connectivity index (χ1) is 6.99. The maximum absolute atomic E-state index is 6.19. The van der Waals surface area contributed by atoms with Crippen LogP contribution in [0.3, 0.4) is 0 Å². The van der Waals surface area contributed by atoms with Gasteiger partial charge >= 0.3 is 0 Å². The van der Waals surface area contributed by atoms with Gasteiger partial charge in [-0.1, -0.05) is 19.1 Å². The Labute approximate surface area is 90.8 Å². The third-order valence-electron chi connectivity index (χ3n) is 3.57. The SMILES string of the molecule is Cn1nncc1C1CC(C)(C)CCC1N. The lowest BCUT2D eigenvalue weighted by atomic mass is 9.69. The summed E-state index contributed by atoms with van der Waals surface area (Å²) < 4.78 is 1.85. The normalized spacial score (nSPS) is 30.4. The quantitative estimate of drug-likeness (QED) is 0.759. The van der Waals surface area contributed by atoms with E-state index in [0.717, 1.165) is 12.8 Å². The van der Waals surface area contributed by atoms with Crippen molar-refractivity contribution in [3.05, 3.63) is 11.9 Å². The highest BCUT2D eigenvalue weighted by molar-refractivity contribution is 5.10. The van der Waals surface area contributed by atoms with Crippen molar-refractivity contribution in [1.82, 2.24) is 15.0 Å². The smallest absolute Gasteiger partial charge is 0.0728 e. The van der Waals surface area contributed by atoms with Gasteiger partial charge < -0.3 is 5.73 Å². The summed E-state index contributed by atoms with van der Waals surface area (Å²) >= 11 is 0. The molecule has 0 aromatic carbocycles. The van der Waals surface area contributed by atoms with Gasteiger partial charge in [-0.15, -0.1) is 5.10 Å². The minimum atomic E-state index is 0.259. The first-order valence-electron chi connectivity index (χ1n) is 5.60. The number of nitrogens with zero attached hydrogens (tertiary/aromatic N) is 3. The zero-order chi connectivity index (χ0) is 11.1. The summed E-state index contributed by atoms with van der Waals surface area (Å²) in [7, 11) is 1.94. The average molecular weight is 208 g/mol. The maximum atomic E-state index is 6.19. The van der Waals surface area contributed by atoms with E-state index in [4.69, 9.17) is 5.73 Å². The van der Waals surface area contributed by atoms with Gasteiger partial charge in [0.2, 0.25) is 0 Å². The fraction of sp³-hybridized carbons (Fsp3) is 0.818. The van der Waals surface area contributed by atoms with E-state index in [2.05, 4.69) is 24.2 Å². The molecule has 4 heteroatoms. The third kappa shape index (κ3) is 2.04. The fourth-order valence-corrected chi connectivity index (χ4v) is 2.56. The van der Waals surface area contributed by atoms with Crippen molar-refractivity contribution < 1.29 is 0 Å². The van der Waals surface area contributed by atoms with Crippen LogP contribution in [0.2, 0.25) is 0 Å². The maximum Gasteiger partial charge on any atom is 0.0728 e. The van der Waals surface area contributed by atoms with Crippen LogP contribution >= 0.6 is 0 Å². The molecule has 0 amide bonds. The summed E-state index contributed by atoms with van der Waals surface area (Å²) in [6.07, 6.45) is 5.31. The molecular formula is C11H20N4. The highest BCUT2D eigenvalue weighted by Crippen LogP contribution is 2.42. The van der Waals surface area contributed by atoms with Crippen molar-refractivity contribution in [1.29, 1.82) is 0 Å². The Morgan fingerprint density at radius 3 is 2.87 bits per heavy atom. The molecule has 1 aliphatic rings. The van der Waals surface area contributed by atoms with Crippen molar-refractivity contribution in [3.8, 4) is 0 Å². The molecule has 1 heterocycles. The molecule has 1 aromatic heterocycles. The van der Waals surface area contributed by atoms with Crippen molar-refractivity contribution >= 4 is 0 Å². The van der Waals surface area contributed by atoms with Crippen molar-refractivity contribution in [2.45, 2.75) is 45.1 Å². The predicted octanol–water partition coefficient (Wildman–Crippen LogP) is 1.44. The summed E-state index contributed by atoms with van der Waals surface area (Å²) in [6, 6.07) is 0.259. The van der Waals surface area contributed by atoms with Crippen molar-refractivity contribution in [2.75, 3.05) is 0 Å². The summed E-state index contributed by atoms with van der Waals surface area (Å²) in [5.41, 5.74) is 7.76. The molecule has 2 atom stereocenters. The molecule has 84 valence electrons. The molecule has 0 bridgehead atoms. The van der Waals surface area contributed by atoms with E-state index in [1.165, 1.54) is 12.1 Å². The Morgan fingerprint density at radius 1 is 1.53 bits per heavy atom. The monoisotopic (exact) mass is 208 g/mol. The van der Waals surface area contributed by atoms with E-state index in [1.54, 1.807) is 0 Å². The molecule has 1 fully saturated rings. The number of nitrogens with two attached hydrogens (primary N) is 1. The Bertz CT molecular complexity index is 342. The van der Waals surface area contributed by atoms with E-state index in [9.17, 15) is 0 Å². The molecular weight excluding hydrogens is 188 g/mol. The highest BCUT2D eigenvalue weighted by atomic mass is 15.4. The largest absolute Gasteiger partial charge is 0.327 e. The standard InChI is InChI=1S/C11H20N4/c1-11(2)5-4-9(12)8(6-11)10-7-13-14-15(10)3/h7-9H,4-6,12H2,1-3H3. The molecule has 0 saturated heterocycles. The van der Waals surface area contributed by atoms with Gasteiger partial charge in [0.1, 0.15) is 0 Å². The summed E-state index contributed by atoms with van der Waals surface area (Å²) in [4.78, 5) is 0. The second kappa shape index (κ2) is 3.59. The van der Waals surface area contributed by atoms with Crippen LogP contribution in [0.5, 0.6) is 0 Å². The van der Waals surface area contributed by atoms with Crippen LogP contribution < -0.4 is 5.73 Å². The van der Waals surface area contributed by atoms with Gasteiger partial charge in [-0.25, -0.2) is 0 Å². The molecule has 2 N–H and O–H groups in total. The number of rotatable bonds is 1. The van der Waals surface area contributed by atoms with E-state index < -0.39 is 0 Å². The molecule has 2 unspecified atom stereocenters. The molecule has 2 rings (SSSR count). The van der Waals surface area contributed by atoms with Crippen LogP contribution in [0.25, 0.3) is 0 Å². The Hall–Kier alpha value is -0.900. The highest BCUT2D eigenvalue weighted by Gasteiger charge is 2.35. The lowest BCUT2D eigenvalue weighted by Crippen LogP contribution is -2.38. The lowest BCUT2D eigenvalue weighted by Gasteiger charge is -2.38. The minimum absolute atomic E-state index is 0.259. The number of hydrogen-bond acceptors (Lipinski definition) is 3. The van der Waals surface area contributed by atoms with E-state index in [-0.39, 0.29) is 6.04 Å². The fourth-order valence-electron chi connectivity index (χ4n) is 2.56. The van der Waals surface area contributed by atoms with Crippen LogP contribution in [0.4, 0.5) is 0 Å². The second-order valence-corrected chi connectivity index (χ2v) is 5.46. The van der Waals surface area contributed by atoms with Gasteiger partial charge in [0, 0.05) is 19.0 Å². The van der Waals surface area contributed by atoms with Crippen LogP contribution in [-0.2, 0) is 7.05 Å². The first kappa shape index (κ1) is 10.6. The molecule has 4 nitrogen and oxygen atoms in total. The average Bonchev–Trinajstić information content (AvgIpc) is 2.56. The van der Waals surface area contributed by atoms with Crippen LogP contribution in [0, 0.1) is 5.41 Å². The first-order valence-corrected chi connectivity index (χ1v) is 5.60. The molecule has 0 radical (unpaired) electrons. The molecule has 0 aliphatic heterocycles. The number of aromatic nitrogens is 3. The van der Waals surface area contributed by atoms with Gasteiger partial charge in [-0.3, -0.25) is 4.68 Å². The van der Waals surface area contributed by atoms with Gasteiger partial charge in [-0.2, -0.15) is 0 Å². The third-order valence-corrected chi connectivity index (χ3v) is 3.57. The van der Waals surface area contributed by atoms with E-state index >= 15 is 0 Å². The number of aryl methyl sites for hydroxylation is 1. The second-order valence-electron chi connectivity index (χ2n) is 5.46. The Balaban J connectivity index is 2.24. The molecule has 1 saturated carbocycles. The molecule has 1 aromatic rings. The van der Waals surface area contributed by atoms with Gasteiger partial charge in [0.05, 0.1) is 11.9 Å². The van der Waals surface area contributed by atoms with Crippen LogP contribution in [-0.4, -0.2) is 21.0 Å². The van der Waals surface area contributed by atoms with E-state index in [0.29, 0.717) is 11.3 Å². The topological polar surface area (TPSA) is 56.7 Å². The molecule has 1 aliphatic carbocycles. The summed E-state index contributed by atoms with van der Waals surface area (Å²) in [5.74, 6) is 0.411. The lowest BCUT2D eigenvalue weighted by molar-refractivity contribution is 0.194. The van der Waals surface area contributed by atoms with Crippen LogP contribution in [0.1, 0.15) is 44.7 Å². The van der Waals surface area contributed by atoms with Crippen molar-refractivity contribution in [3.63, 3.8) is 0 Å². The Kier molecular flexibility index (Phi) is 2.54. The van der Waals surface area contributed by atoms with Gasteiger partial charge in [0.15, 0.2) is 0 Å². The van der Waals surface area contributed by atoms with E-state index in [1.807, 2.05) is 17.9 Å². The molecule has 0 spiro atoms. The van der Waals surface area contributed by atoms with Crippen molar-refractivity contribution in [2.24, 2.45) is 18.2 Å². The zero-order valence-electron chi connectivity index (χ0n) is 9.77. The van der Waals surface area contributed by atoms with Gasteiger partial charge in [0.25, 0.3) is 0 Å². The zero-order valence-corrected chi connectivity index (χ0v) is 9.77. The molecule has 15 heavy (non-hydrogen) atoms. The number of hydrogen-bond donors (Lipinski definition) is 1.